The van der Waals surface area contributed by atoms with Crippen LogP contribution in [0.2, 0.25) is 0 Å². The summed E-state index contributed by atoms with van der Waals surface area (Å²) in [6, 6.07) is 0. The van der Waals surface area contributed by atoms with Gasteiger partial charge in [0.15, 0.2) is 5.78 Å². The third kappa shape index (κ3) is 3.96. The van der Waals surface area contributed by atoms with Gasteiger partial charge in [-0.25, -0.2) is 0 Å². The molecule has 74 valence electrons. The Morgan fingerprint density at radius 3 is 2.43 bits per heavy atom. The number of rotatable bonds is 5. The van der Waals surface area contributed by atoms with Crippen LogP contribution >= 0.6 is 12.6 Å². The van der Waals surface area contributed by atoms with E-state index in [1.165, 1.54) is 17.6 Å². The first-order valence-electron chi connectivity index (χ1n) is 3.85. The van der Waals surface area contributed by atoms with E-state index in [9.17, 15) is 4.79 Å². The Morgan fingerprint density at radius 2 is 2.00 bits per heavy atom. The standard InChI is InChI=1S/C11H12O2S/c1-3-4-5-10(8-12)9(2)11(13)6-7-14/h3-8,12,14H,1-2H2/b5-4-,7-6?,10-8-. The quantitative estimate of drug-likeness (QED) is 0.315. The van der Waals surface area contributed by atoms with E-state index in [1.54, 1.807) is 12.2 Å². The molecule has 0 aliphatic heterocycles. The van der Waals surface area contributed by atoms with E-state index in [0.717, 1.165) is 6.26 Å². The van der Waals surface area contributed by atoms with Crippen molar-refractivity contribution in [2.45, 2.75) is 0 Å². The molecule has 2 nitrogen and oxygen atoms in total. The molecule has 0 saturated heterocycles. The summed E-state index contributed by atoms with van der Waals surface area (Å²) >= 11 is 3.76. The lowest BCUT2D eigenvalue weighted by atomic mass is 10.0. The first-order chi connectivity index (χ1) is 6.67. The van der Waals surface area contributed by atoms with Crippen molar-refractivity contribution in [1.82, 2.24) is 0 Å². The van der Waals surface area contributed by atoms with Crippen LogP contribution in [0.1, 0.15) is 0 Å². The van der Waals surface area contributed by atoms with Gasteiger partial charge < -0.3 is 5.11 Å². The Balaban J connectivity index is 4.73. The molecular weight excluding hydrogens is 196 g/mol. The molecule has 0 aromatic rings. The molecule has 0 amide bonds. The van der Waals surface area contributed by atoms with Gasteiger partial charge in [-0.15, -0.1) is 0 Å². The molecule has 0 aromatic heterocycles. The summed E-state index contributed by atoms with van der Waals surface area (Å²) in [6.07, 6.45) is 6.77. The fourth-order valence-corrected chi connectivity index (χ4v) is 0.839. The first kappa shape index (κ1) is 12.5. The van der Waals surface area contributed by atoms with Crippen LogP contribution in [0.25, 0.3) is 0 Å². The molecule has 0 rings (SSSR count). The van der Waals surface area contributed by atoms with E-state index >= 15 is 0 Å². The number of carbonyl (C=O) groups excluding carboxylic acids is 1. The van der Waals surface area contributed by atoms with Gasteiger partial charge in [0.25, 0.3) is 0 Å². The maximum Gasteiger partial charge on any atom is 0.186 e. The lowest BCUT2D eigenvalue weighted by molar-refractivity contribution is -0.111. The van der Waals surface area contributed by atoms with Crippen LogP contribution in [0.5, 0.6) is 0 Å². The van der Waals surface area contributed by atoms with Gasteiger partial charge in [0.05, 0.1) is 6.26 Å². The topological polar surface area (TPSA) is 37.3 Å². The Labute approximate surface area is 89.1 Å². The highest BCUT2D eigenvalue weighted by molar-refractivity contribution is 7.83. The highest BCUT2D eigenvalue weighted by Gasteiger charge is 2.06. The van der Waals surface area contributed by atoms with Gasteiger partial charge in [0.1, 0.15) is 0 Å². The zero-order valence-corrected chi connectivity index (χ0v) is 8.58. The minimum atomic E-state index is -0.297. The molecule has 0 bridgehead atoms. The van der Waals surface area contributed by atoms with E-state index in [2.05, 4.69) is 25.8 Å². The van der Waals surface area contributed by atoms with Gasteiger partial charge in [0.2, 0.25) is 0 Å². The van der Waals surface area contributed by atoms with Gasteiger partial charge in [0, 0.05) is 11.1 Å². The van der Waals surface area contributed by atoms with Crippen molar-refractivity contribution in [1.29, 1.82) is 0 Å². The number of aliphatic hydroxyl groups excluding tert-OH is 1. The van der Waals surface area contributed by atoms with Crippen LogP contribution in [-0.2, 0) is 4.79 Å². The maximum absolute atomic E-state index is 11.3. The molecular formula is C11H12O2S. The summed E-state index contributed by atoms with van der Waals surface area (Å²) in [5.74, 6) is -0.297. The normalized spacial score (nSPS) is 12.2. The van der Waals surface area contributed by atoms with Gasteiger partial charge in [-0.2, -0.15) is 12.6 Å². The average Bonchev–Trinajstić information content (AvgIpc) is 2.19. The molecule has 1 N–H and O–H groups in total. The van der Waals surface area contributed by atoms with Crippen LogP contribution in [0.4, 0.5) is 0 Å². The van der Waals surface area contributed by atoms with Gasteiger partial charge in [-0.1, -0.05) is 31.4 Å². The van der Waals surface area contributed by atoms with Gasteiger partial charge >= 0.3 is 0 Å². The molecule has 0 spiro atoms. The monoisotopic (exact) mass is 208 g/mol. The molecule has 0 aliphatic rings. The predicted molar refractivity (Wildman–Crippen MR) is 62.3 cm³/mol. The summed E-state index contributed by atoms with van der Waals surface area (Å²) in [4.78, 5) is 11.3. The zero-order valence-electron chi connectivity index (χ0n) is 7.68. The minimum absolute atomic E-state index is 0.205. The number of allylic oxidation sites excluding steroid dienone is 6. The fourth-order valence-electron chi connectivity index (χ4n) is 0.704. The van der Waals surface area contributed by atoms with Crippen LogP contribution in [0.15, 0.2) is 60.3 Å². The van der Waals surface area contributed by atoms with E-state index in [4.69, 9.17) is 5.11 Å². The van der Waals surface area contributed by atoms with Crippen molar-refractivity contribution >= 4 is 18.4 Å². The number of hydrogen-bond acceptors (Lipinski definition) is 3. The largest absolute Gasteiger partial charge is 0.515 e. The fraction of sp³-hybridized carbons (Fsp3) is 0. The smallest absolute Gasteiger partial charge is 0.186 e. The van der Waals surface area contributed by atoms with Crippen molar-refractivity contribution in [2.24, 2.45) is 0 Å². The molecule has 0 atom stereocenters. The van der Waals surface area contributed by atoms with Crippen LogP contribution in [-0.4, -0.2) is 10.9 Å². The number of ketones is 1. The molecule has 14 heavy (non-hydrogen) atoms. The predicted octanol–water partition coefficient (Wildman–Crippen LogP) is 2.74. The highest BCUT2D eigenvalue weighted by Crippen LogP contribution is 2.10. The third-order valence-electron chi connectivity index (χ3n) is 1.42. The second-order valence-corrected chi connectivity index (χ2v) is 2.64. The van der Waals surface area contributed by atoms with Crippen molar-refractivity contribution < 1.29 is 9.90 Å². The summed E-state index contributed by atoms with van der Waals surface area (Å²) in [6.45, 7) is 7.02. The summed E-state index contributed by atoms with van der Waals surface area (Å²) in [7, 11) is 0. The lowest BCUT2D eigenvalue weighted by Gasteiger charge is -1.99. The minimum Gasteiger partial charge on any atom is -0.515 e. The molecule has 0 unspecified atom stereocenters. The Bertz CT molecular complexity index is 322. The Morgan fingerprint density at radius 1 is 1.36 bits per heavy atom. The molecule has 0 heterocycles. The number of carbonyl (C=O) groups is 1. The van der Waals surface area contributed by atoms with Crippen molar-refractivity contribution in [3.8, 4) is 0 Å². The number of hydrogen-bond donors (Lipinski definition) is 2. The Kier molecular flexibility index (Phi) is 6.24. The second kappa shape index (κ2) is 6.97. The van der Waals surface area contributed by atoms with Crippen LogP contribution in [0.3, 0.4) is 0 Å². The molecule has 3 heteroatoms. The maximum atomic E-state index is 11.3. The molecule has 0 aliphatic carbocycles. The van der Waals surface area contributed by atoms with E-state index in [-0.39, 0.29) is 11.4 Å². The summed E-state index contributed by atoms with van der Waals surface area (Å²) < 4.78 is 0. The van der Waals surface area contributed by atoms with E-state index in [1.807, 2.05) is 0 Å². The zero-order chi connectivity index (χ0) is 11.0. The summed E-state index contributed by atoms with van der Waals surface area (Å²) in [5.41, 5.74) is 0.553. The van der Waals surface area contributed by atoms with E-state index in [0.29, 0.717) is 5.57 Å². The second-order valence-electron chi connectivity index (χ2n) is 2.34. The summed E-state index contributed by atoms with van der Waals surface area (Å²) in [5, 5.41) is 10.2. The van der Waals surface area contributed by atoms with Crippen LogP contribution in [0, 0.1) is 0 Å². The first-order valence-corrected chi connectivity index (χ1v) is 4.36. The molecule has 0 fully saturated rings. The third-order valence-corrected chi connectivity index (χ3v) is 1.57. The van der Waals surface area contributed by atoms with Crippen molar-refractivity contribution in [3.63, 3.8) is 0 Å². The van der Waals surface area contributed by atoms with Crippen LogP contribution < -0.4 is 0 Å². The lowest BCUT2D eigenvalue weighted by Crippen LogP contribution is -1.98. The molecule has 0 aromatic carbocycles. The van der Waals surface area contributed by atoms with Gasteiger partial charge in [-0.05, 0) is 11.5 Å². The van der Waals surface area contributed by atoms with Gasteiger partial charge in [-0.3, -0.25) is 4.79 Å². The van der Waals surface area contributed by atoms with Crippen molar-refractivity contribution in [2.75, 3.05) is 0 Å². The average molecular weight is 208 g/mol. The SMILES string of the molecule is C=C/C=C\C(=C\O)C(=C)C(=O)C=CS. The number of thiol groups is 1. The molecule has 0 radical (unpaired) electrons. The number of aliphatic hydroxyl groups is 1. The highest BCUT2D eigenvalue weighted by atomic mass is 32.1. The van der Waals surface area contributed by atoms with E-state index < -0.39 is 0 Å². The van der Waals surface area contributed by atoms with Crippen molar-refractivity contribution in [3.05, 3.63) is 60.3 Å². The molecule has 0 saturated carbocycles. The Hall–Kier alpha value is -1.48.